The third-order valence-electron chi connectivity index (χ3n) is 8.20. The highest BCUT2D eigenvalue weighted by Crippen LogP contribution is 2.28. The molecule has 5 heterocycles. The van der Waals surface area contributed by atoms with Crippen LogP contribution >= 0.6 is 0 Å². The Labute approximate surface area is 248 Å². The molecule has 5 rings (SSSR count). The standard InChI is InChI=1S/C30H46N8O4/c1-21(2)25-19-32-38-26(17-27(34-29(25)38)41-23-7-5-12-31-18-23)33-22-9-14-36(15-10-22)30(40)42-24-11-16-37(20-24)28(39)8-6-13-35(3)4/h6,8,17,19,21-24,31,33H,5,7,9-16,18,20H2,1-4H3/b8-6+/t23-,24?/m1/s1. The van der Waals surface area contributed by atoms with Gasteiger partial charge in [-0.2, -0.15) is 14.6 Å². The van der Waals surface area contributed by atoms with Crippen molar-refractivity contribution in [3.05, 3.63) is 30.0 Å². The molecule has 3 fully saturated rings. The highest BCUT2D eigenvalue weighted by Gasteiger charge is 2.31. The van der Waals surface area contributed by atoms with Gasteiger partial charge in [-0.05, 0) is 52.2 Å². The number of amides is 2. The number of aromatic nitrogens is 3. The number of likely N-dealkylation sites (N-methyl/N-ethyl adjacent to an activating group) is 1. The fourth-order valence-electron chi connectivity index (χ4n) is 5.75. The summed E-state index contributed by atoms with van der Waals surface area (Å²) in [6.07, 6.45) is 9.22. The average molecular weight is 583 g/mol. The van der Waals surface area contributed by atoms with Crippen molar-refractivity contribution in [1.82, 2.24) is 34.6 Å². The van der Waals surface area contributed by atoms with Crippen LogP contribution in [0.5, 0.6) is 5.88 Å². The summed E-state index contributed by atoms with van der Waals surface area (Å²) in [5.74, 6) is 1.71. The van der Waals surface area contributed by atoms with Gasteiger partial charge in [0, 0.05) is 62.9 Å². The molecule has 230 valence electrons. The third-order valence-corrected chi connectivity index (χ3v) is 8.20. The maximum atomic E-state index is 12.9. The van der Waals surface area contributed by atoms with Crippen molar-refractivity contribution in [3.8, 4) is 5.88 Å². The molecule has 3 saturated heterocycles. The van der Waals surface area contributed by atoms with E-state index in [1.807, 2.05) is 41.8 Å². The third kappa shape index (κ3) is 7.52. The molecular weight excluding hydrogens is 536 g/mol. The van der Waals surface area contributed by atoms with Crippen LogP contribution in [0, 0.1) is 0 Å². The summed E-state index contributed by atoms with van der Waals surface area (Å²) in [5.41, 5.74) is 1.90. The molecule has 0 aliphatic carbocycles. The number of carbonyl (C=O) groups excluding carboxylic acids is 2. The smallest absolute Gasteiger partial charge is 0.410 e. The normalized spacial score (nSPS) is 22.0. The van der Waals surface area contributed by atoms with Crippen LogP contribution in [0.4, 0.5) is 10.6 Å². The first-order valence-corrected chi connectivity index (χ1v) is 15.3. The van der Waals surface area contributed by atoms with Crippen molar-refractivity contribution in [2.45, 2.75) is 70.1 Å². The van der Waals surface area contributed by atoms with Gasteiger partial charge in [-0.1, -0.05) is 19.9 Å². The van der Waals surface area contributed by atoms with Crippen LogP contribution in [0.25, 0.3) is 5.65 Å². The molecule has 2 atom stereocenters. The van der Waals surface area contributed by atoms with E-state index in [1.165, 1.54) is 0 Å². The Morgan fingerprint density at radius 3 is 2.64 bits per heavy atom. The van der Waals surface area contributed by atoms with Crippen LogP contribution in [0.2, 0.25) is 0 Å². The molecule has 0 saturated carbocycles. The number of hydrogen-bond acceptors (Lipinski definition) is 9. The topological polar surface area (TPSA) is 117 Å². The maximum absolute atomic E-state index is 12.9. The number of nitrogens with zero attached hydrogens (tertiary/aromatic N) is 6. The molecule has 2 aromatic rings. The second-order valence-electron chi connectivity index (χ2n) is 12.2. The second kappa shape index (κ2) is 13.7. The molecule has 0 aromatic carbocycles. The summed E-state index contributed by atoms with van der Waals surface area (Å²) < 4.78 is 14.0. The van der Waals surface area contributed by atoms with Crippen molar-refractivity contribution in [1.29, 1.82) is 0 Å². The first-order chi connectivity index (χ1) is 20.3. The first kappa shape index (κ1) is 30.1. The number of carbonyl (C=O) groups is 2. The van der Waals surface area contributed by atoms with Crippen molar-refractivity contribution in [2.75, 3.05) is 65.2 Å². The summed E-state index contributed by atoms with van der Waals surface area (Å²) in [6.45, 7) is 9.08. The van der Waals surface area contributed by atoms with Crippen LogP contribution in [-0.4, -0.2) is 119 Å². The molecular formula is C30H46N8O4. The van der Waals surface area contributed by atoms with Gasteiger partial charge in [-0.15, -0.1) is 0 Å². The Bertz CT molecular complexity index is 1250. The lowest BCUT2D eigenvalue weighted by Gasteiger charge is -2.33. The summed E-state index contributed by atoms with van der Waals surface area (Å²) in [4.78, 5) is 35.7. The molecule has 12 nitrogen and oxygen atoms in total. The van der Waals surface area contributed by atoms with Gasteiger partial charge in [0.15, 0.2) is 5.65 Å². The summed E-state index contributed by atoms with van der Waals surface area (Å²) in [5, 5.41) is 11.7. The Kier molecular flexibility index (Phi) is 9.84. The van der Waals surface area contributed by atoms with Gasteiger partial charge in [0.25, 0.3) is 0 Å². The highest BCUT2D eigenvalue weighted by molar-refractivity contribution is 5.87. The molecule has 1 unspecified atom stereocenters. The van der Waals surface area contributed by atoms with E-state index in [-0.39, 0.29) is 36.2 Å². The minimum atomic E-state index is -0.298. The predicted octanol–water partition coefficient (Wildman–Crippen LogP) is 2.72. The number of ether oxygens (including phenoxy) is 2. The number of anilines is 1. The van der Waals surface area contributed by atoms with Gasteiger partial charge in [-0.25, -0.2) is 4.79 Å². The van der Waals surface area contributed by atoms with Gasteiger partial charge < -0.3 is 34.8 Å². The number of likely N-dealkylation sites (tertiary alicyclic amines) is 2. The highest BCUT2D eigenvalue weighted by atomic mass is 16.6. The molecule has 2 aromatic heterocycles. The van der Waals surface area contributed by atoms with Crippen LogP contribution in [0.15, 0.2) is 24.4 Å². The predicted molar refractivity (Wildman–Crippen MR) is 161 cm³/mol. The van der Waals surface area contributed by atoms with E-state index in [0.717, 1.165) is 55.8 Å². The zero-order chi connectivity index (χ0) is 29.6. The number of piperidine rings is 2. The average Bonchev–Trinajstić information content (AvgIpc) is 3.61. The zero-order valence-electron chi connectivity index (χ0n) is 25.4. The molecule has 2 amide bonds. The Hall–Kier alpha value is -3.38. The second-order valence-corrected chi connectivity index (χ2v) is 12.2. The Morgan fingerprint density at radius 1 is 1.14 bits per heavy atom. The van der Waals surface area contributed by atoms with Crippen LogP contribution in [0.3, 0.4) is 0 Å². The molecule has 42 heavy (non-hydrogen) atoms. The van der Waals surface area contributed by atoms with Crippen molar-refractivity contribution in [3.63, 3.8) is 0 Å². The lowest BCUT2D eigenvalue weighted by Crippen LogP contribution is -2.44. The van der Waals surface area contributed by atoms with Crippen molar-refractivity contribution >= 4 is 23.5 Å². The van der Waals surface area contributed by atoms with Crippen LogP contribution in [-0.2, 0) is 9.53 Å². The zero-order valence-corrected chi connectivity index (χ0v) is 25.4. The van der Waals surface area contributed by atoms with Gasteiger partial charge in [-0.3, -0.25) is 4.79 Å². The maximum Gasteiger partial charge on any atom is 0.410 e. The largest absolute Gasteiger partial charge is 0.473 e. The summed E-state index contributed by atoms with van der Waals surface area (Å²) >= 11 is 0. The van der Waals surface area contributed by atoms with E-state index in [1.54, 1.807) is 15.9 Å². The number of nitrogens with one attached hydrogen (secondary N) is 2. The molecule has 0 bridgehead atoms. The molecule has 3 aliphatic rings. The van der Waals surface area contributed by atoms with E-state index in [2.05, 4.69) is 29.6 Å². The SMILES string of the molecule is CC(C)c1cnn2c(NC3CCN(C(=O)OC4CCN(C(=O)/C=C/CN(C)C)C4)CC3)cc(O[C@@H]3CCCNC3)nc12. The minimum absolute atomic E-state index is 0.0332. The van der Waals surface area contributed by atoms with E-state index in [0.29, 0.717) is 45.0 Å². The summed E-state index contributed by atoms with van der Waals surface area (Å²) in [6, 6.07) is 2.12. The van der Waals surface area contributed by atoms with Crippen molar-refractivity contribution < 1.29 is 19.1 Å². The van der Waals surface area contributed by atoms with Gasteiger partial charge >= 0.3 is 6.09 Å². The van der Waals surface area contributed by atoms with E-state index in [9.17, 15) is 9.59 Å². The van der Waals surface area contributed by atoms with Gasteiger partial charge in [0.2, 0.25) is 11.8 Å². The van der Waals surface area contributed by atoms with E-state index in [4.69, 9.17) is 14.5 Å². The van der Waals surface area contributed by atoms with Gasteiger partial charge in [0.1, 0.15) is 18.0 Å². The molecule has 0 radical (unpaired) electrons. The molecule has 2 N–H and O–H groups in total. The van der Waals surface area contributed by atoms with Crippen LogP contribution < -0.4 is 15.4 Å². The van der Waals surface area contributed by atoms with E-state index >= 15 is 0 Å². The molecule has 3 aliphatic heterocycles. The fourth-order valence-corrected chi connectivity index (χ4v) is 5.75. The quantitative estimate of drug-likeness (QED) is 0.431. The summed E-state index contributed by atoms with van der Waals surface area (Å²) in [7, 11) is 3.92. The Morgan fingerprint density at radius 2 is 1.93 bits per heavy atom. The first-order valence-electron chi connectivity index (χ1n) is 15.3. The minimum Gasteiger partial charge on any atom is -0.473 e. The van der Waals surface area contributed by atoms with Gasteiger partial charge in [0.05, 0.1) is 12.7 Å². The number of hydrogen-bond donors (Lipinski definition) is 2. The van der Waals surface area contributed by atoms with Crippen LogP contribution in [0.1, 0.15) is 57.4 Å². The number of fused-ring (bicyclic) bond motifs is 1. The lowest BCUT2D eigenvalue weighted by molar-refractivity contribution is -0.125. The fraction of sp³-hybridized carbons (Fsp3) is 0.667. The Balaban J connectivity index is 1.15. The van der Waals surface area contributed by atoms with Crippen molar-refractivity contribution in [2.24, 2.45) is 0 Å². The lowest BCUT2D eigenvalue weighted by atomic mass is 10.1. The number of rotatable bonds is 9. The van der Waals surface area contributed by atoms with E-state index < -0.39 is 0 Å². The monoisotopic (exact) mass is 582 g/mol. The molecule has 0 spiro atoms. The molecule has 12 heteroatoms.